The summed E-state index contributed by atoms with van der Waals surface area (Å²) in [4.78, 5) is 28.9. The van der Waals surface area contributed by atoms with Crippen LogP contribution >= 0.6 is 0 Å². The number of aliphatic carboxylic acids is 1. The Hall–Kier alpha value is -4.65. The molecule has 0 spiro atoms. The van der Waals surface area contributed by atoms with Crippen LogP contribution in [0.4, 0.5) is 0 Å². The number of ketones is 1. The standard InChI is InChI=1S/C32H32N2O5/c1-3-30-27(34-31(39-30)25-12-8-5-9-13-25)18-19-38-26-16-14-23(15-17-26)21-28(32(36)37)33-22(2)20-29(35)24-10-6-4-7-11-24/h4-17,20,28,33H,3,18-19,21H2,1-2H3,(H,36,37)/t28-/m0/s1. The molecule has 0 radical (unpaired) electrons. The first-order valence-corrected chi connectivity index (χ1v) is 13.0. The molecule has 0 saturated heterocycles. The fourth-order valence-corrected chi connectivity index (χ4v) is 4.18. The van der Waals surface area contributed by atoms with Crippen LogP contribution in [0.3, 0.4) is 0 Å². The molecule has 2 N–H and O–H groups in total. The Balaban J connectivity index is 1.31. The second kappa shape index (κ2) is 13.2. The normalized spacial score (nSPS) is 12.1. The van der Waals surface area contributed by atoms with Gasteiger partial charge in [-0.05, 0) is 36.8 Å². The molecular formula is C32H32N2O5. The highest BCUT2D eigenvalue weighted by Crippen LogP contribution is 2.23. The molecule has 3 aromatic carbocycles. The van der Waals surface area contributed by atoms with E-state index in [2.05, 4.69) is 10.3 Å². The van der Waals surface area contributed by atoms with E-state index in [0.29, 0.717) is 35.9 Å². The molecular weight excluding hydrogens is 492 g/mol. The fourth-order valence-electron chi connectivity index (χ4n) is 4.18. The predicted octanol–water partition coefficient (Wildman–Crippen LogP) is 5.90. The van der Waals surface area contributed by atoms with Gasteiger partial charge in [-0.3, -0.25) is 4.79 Å². The summed E-state index contributed by atoms with van der Waals surface area (Å²) in [5.41, 5.74) is 3.70. The van der Waals surface area contributed by atoms with Crippen LogP contribution in [0.1, 0.15) is 41.2 Å². The zero-order chi connectivity index (χ0) is 27.6. The maximum absolute atomic E-state index is 12.4. The highest BCUT2D eigenvalue weighted by molar-refractivity contribution is 6.04. The van der Waals surface area contributed by atoms with Gasteiger partial charge in [0.05, 0.1) is 12.3 Å². The number of benzene rings is 3. The summed E-state index contributed by atoms with van der Waals surface area (Å²) in [6, 6.07) is 25.1. The number of allylic oxidation sites excluding steroid dienone is 2. The summed E-state index contributed by atoms with van der Waals surface area (Å²) in [5, 5.41) is 12.7. The quantitative estimate of drug-likeness (QED) is 0.166. The fraction of sp³-hybridized carbons (Fsp3) is 0.219. The van der Waals surface area contributed by atoms with Gasteiger partial charge in [0.25, 0.3) is 0 Å². The Labute approximate surface area is 228 Å². The molecule has 0 aliphatic heterocycles. The molecule has 39 heavy (non-hydrogen) atoms. The number of carbonyl (C=O) groups is 2. The van der Waals surface area contributed by atoms with E-state index in [1.807, 2.05) is 67.6 Å². The zero-order valence-electron chi connectivity index (χ0n) is 22.1. The number of hydrogen-bond donors (Lipinski definition) is 2. The minimum atomic E-state index is -0.996. The minimum Gasteiger partial charge on any atom is -0.493 e. The zero-order valence-corrected chi connectivity index (χ0v) is 22.1. The smallest absolute Gasteiger partial charge is 0.326 e. The SMILES string of the molecule is CCc1oc(-c2ccccc2)nc1CCOc1ccc(C[C@H](NC(C)=CC(=O)c2ccccc2)C(=O)O)cc1. The highest BCUT2D eigenvalue weighted by Gasteiger charge is 2.18. The molecule has 200 valence electrons. The largest absolute Gasteiger partial charge is 0.493 e. The van der Waals surface area contributed by atoms with Gasteiger partial charge in [-0.15, -0.1) is 0 Å². The lowest BCUT2D eigenvalue weighted by Crippen LogP contribution is -2.37. The van der Waals surface area contributed by atoms with E-state index < -0.39 is 12.0 Å². The number of carboxylic acid groups (broad SMARTS) is 1. The summed E-state index contributed by atoms with van der Waals surface area (Å²) in [7, 11) is 0. The Kier molecular flexibility index (Phi) is 9.29. The molecule has 0 aliphatic rings. The molecule has 7 heteroatoms. The molecule has 0 bridgehead atoms. The van der Waals surface area contributed by atoms with Crippen molar-refractivity contribution >= 4 is 11.8 Å². The molecule has 0 fully saturated rings. The van der Waals surface area contributed by atoms with E-state index in [1.54, 1.807) is 31.2 Å². The van der Waals surface area contributed by atoms with Gasteiger partial charge in [-0.25, -0.2) is 9.78 Å². The first-order chi connectivity index (χ1) is 18.9. The first kappa shape index (κ1) is 27.4. The van der Waals surface area contributed by atoms with Crippen LogP contribution in [0.5, 0.6) is 5.75 Å². The van der Waals surface area contributed by atoms with E-state index in [1.165, 1.54) is 6.08 Å². The number of nitrogens with one attached hydrogen (secondary N) is 1. The van der Waals surface area contributed by atoms with Crippen molar-refractivity contribution in [3.8, 4) is 17.2 Å². The van der Waals surface area contributed by atoms with Crippen molar-refractivity contribution in [2.45, 2.75) is 39.2 Å². The number of rotatable bonds is 13. The third-order valence-electron chi connectivity index (χ3n) is 6.20. The first-order valence-electron chi connectivity index (χ1n) is 13.0. The molecule has 7 nitrogen and oxygen atoms in total. The van der Waals surface area contributed by atoms with Gasteiger partial charge < -0.3 is 19.6 Å². The van der Waals surface area contributed by atoms with Gasteiger partial charge in [-0.1, -0.05) is 67.6 Å². The van der Waals surface area contributed by atoms with Crippen molar-refractivity contribution in [1.29, 1.82) is 0 Å². The van der Waals surface area contributed by atoms with Gasteiger partial charge in [0.1, 0.15) is 17.6 Å². The number of ether oxygens (including phenoxy) is 1. The lowest BCUT2D eigenvalue weighted by atomic mass is 10.1. The number of nitrogens with zero attached hydrogens (tertiary/aromatic N) is 1. The second-order valence-corrected chi connectivity index (χ2v) is 9.15. The van der Waals surface area contributed by atoms with Crippen molar-refractivity contribution < 1.29 is 23.8 Å². The van der Waals surface area contributed by atoms with Crippen molar-refractivity contribution in [2.24, 2.45) is 0 Å². The summed E-state index contributed by atoms with van der Waals surface area (Å²) >= 11 is 0. The van der Waals surface area contributed by atoms with Crippen LogP contribution in [0.25, 0.3) is 11.5 Å². The van der Waals surface area contributed by atoms with Crippen molar-refractivity contribution in [1.82, 2.24) is 10.3 Å². The lowest BCUT2D eigenvalue weighted by molar-refractivity contribution is -0.139. The lowest BCUT2D eigenvalue weighted by Gasteiger charge is -2.16. The average molecular weight is 525 g/mol. The van der Waals surface area contributed by atoms with E-state index >= 15 is 0 Å². The van der Waals surface area contributed by atoms with Crippen LogP contribution in [-0.4, -0.2) is 34.5 Å². The molecule has 0 saturated carbocycles. The number of carboxylic acids is 1. The number of carbonyl (C=O) groups excluding carboxylic acids is 1. The third-order valence-corrected chi connectivity index (χ3v) is 6.20. The molecule has 0 unspecified atom stereocenters. The monoisotopic (exact) mass is 524 g/mol. The molecule has 4 aromatic rings. The Bertz CT molecular complexity index is 1410. The molecule has 1 aromatic heterocycles. The third kappa shape index (κ3) is 7.68. The van der Waals surface area contributed by atoms with E-state index in [9.17, 15) is 14.7 Å². The predicted molar refractivity (Wildman–Crippen MR) is 150 cm³/mol. The van der Waals surface area contributed by atoms with Crippen LogP contribution < -0.4 is 10.1 Å². The van der Waals surface area contributed by atoms with Crippen LogP contribution in [0.15, 0.2) is 101 Å². The van der Waals surface area contributed by atoms with Gasteiger partial charge >= 0.3 is 5.97 Å². The number of oxazole rings is 1. The van der Waals surface area contributed by atoms with Gasteiger partial charge in [0.2, 0.25) is 5.89 Å². The summed E-state index contributed by atoms with van der Waals surface area (Å²) in [5.74, 6) is 0.981. The molecule has 0 aliphatic carbocycles. The Morgan fingerprint density at radius 3 is 2.31 bits per heavy atom. The Morgan fingerprint density at radius 2 is 1.67 bits per heavy atom. The number of hydrogen-bond acceptors (Lipinski definition) is 6. The van der Waals surface area contributed by atoms with E-state index in [-0.39, 0.29) is 12.2 Å². The molecule has 1 atom stereocenters. The highest BCUT2D eigenvalue weighted by atomic mass is 16.5. The summed E-state index contributed by atoms with van der Waals surface area (Å²) < 4.78 is 11.9. The van der Waals surface area contributed by atoms with E-state index in [4.69, 9.17) is 9.15 Å². The number of aryl methyl sites for hydroxylation is 1. The van der Waals surface area contributed by atoms with Crippen molar-refractivity contribution in [3.05, 3.63) is 119 Å². The van der Waals surface area contributed by atoms with Gasteiger partial charge in [0.15, 0.2) is 5.78 Å². The topological polar surface area (TPSA) is 102 Å². The molecule has 1 heterocycles. The summed E-state index contributed by atoms with van der Waals surface area (Å²) in [6.45, 7) is 4.16. The van der Waals surface area contributed by atoms with Gasteiger partial charge in [0, 0.05) is 42.2 Å². The second-order valence-electron chi connectivity index (χ2n) is 9.15. The minimum absolute atomic E-state index is 0.181. The average Bonchev–Trinajstić information content (AvgIpc) is 3.37. The van der Waals surface area contributed by atoms with Crippen LogP contribution in [0, 0.1) is 0 Å². The molecule has 4 rings (SSSR count). The summed E-state index contributed by atoms with van der Waals surface area (Å²) in [6.07, 6.45) is 3.03. The molecule has 0 amide bonds. The van der Waals surface area contributed by atoms with Crippen molar-refractivity contribution in [3.63, 3.8) is 0 Å². The van der Waals surface area contributed by atoms with Crippen LogP contribution in [0.2, 0.25) is 0 Å². The van der Waals surface area contributed by atoms with Crippen molar-refractivity contribution in [2.75, 3.05) is 6.61 Å². The van der Waals surface area contributed by atoms with Gasteiger partial charge in [-0.2, -0.15) is 0 Å². The Morgan fingerprint density at radius 1 is 1.00 bits per heavy atom. The van der Waals surface area contributed by atoms with Crippen LogP contribution in [-0.2, 0) is 24.1 Å². The number of aromatic nitrogens is 1. The van der Waals surface area contributed by atoms with E-state index in [0.717, 1.165) is 29.0 Å². The maximum atomic E-state index is 12.4. The maximum Gasteiger partial charge on any atom is 0.326 e.